The molecule has 0 saturated heterocycles. The zero-order valence-corrected chi connectivity index (χ0v) is 11.6. The Labute approximate surface area is 112 Å². The van der Waals surface area contributed by atoms with Gasteiger partial charge in [0, 0.05) is 16.9 Å². The molecule has 1 aromatic rings. The van der Waals surface area contributed by atoms with E-state index in [-0.39, 0.29) is 16.4 Å². The highest BCUT2D eigenvalue weighted by Gasteiger charge is 2.36. The van der Waals surface area contributed by atoms with Crippen LogP contribution in [0.15, 0.2) is 18.2 Å². The van der Waals surface area contributed by atoms with Crippen LogP contribution in [-0.2, 0) is 0 Å². The van der Waals surface area contributed by atoms with E-state index in [1.807, 2.05) is 18.7 Å². The molecule has 1 aliphatic carbocycles. The summed E-state index contributed by atoms with van der Waals surface area (Å²) in [6, 6.07) is 5.03. The summed E-state index contributed by atoms with van der Waals surface area (Å²) >= 11 is 1.84. The molecule has 0 bridgehead atoms. The Kier molecular flexibility index (Phi) is 3.85. The summed E-state index contributed by atoms with van der Waals surface area (Å²) < 4.78 is 0.238. The van der Waals surface area contributed by atoms with Gasteiger partial charge in [0.05, 0.1) is 0 Å². The van der Waals surface area contributed by atoms with Crippen LogP contribution in [0, 0.1) is 6.92 Å². The summed E-state index contributed by atoms with van der Waals surface area (Å²) in [5.74, 6) is 0.0662. The topological polar surface area (TPSA) is 49.3 Å². The lowest BCUT2D eigenvalue weighted by molar-refractivity contribution is 0.0943. The molecular formula is C14H19NO2S. The van der Waals surface area contributed by atoms with Crippen LogP contribution in [0.2, 0.25) is 0 Å². The predicted molar refractivity (Wildman–Crippen MR) is 75.3 cm³/mol. The predicted octanol–water partition coefficient (Wildman–Crippen LogP) is 2.72. The highest BCUT2D eigenvalue weighted by Crippen LogP contribution is 2.42. The third kappa shape index (κ3) is 2.64. The first-order valence-corrected chi connectivity index (χ1v) is 7.42. The Morgan fingerprint density at radius 3 is 2.72 bits per heavy atom. The minimum Gasteiger partial charge on any atom is -0.508 e. The van der Waals surface area contributed by atoms with Crippen LogP contribution in [0.25, 0.3) is 0 Å². The molecule has 0 unspecified atom stereocenters. The molecule has 1 fully saturated rings. The molecule has 0 aromatic heterocycles. The molecule has 18 heavy (non-hydrogen) atoms. The zero-order valence-electron chi connectivity index (χ0n) is 10.8. The van der Waals surface area contributed by atoms with Crippen LogP contribution in [0.1, 0.15) is 35.2 Å². The average Bonchev–Trinajstić information content (AvgIpc) is 2.31. The van der Waals surface area contributed by atoms with E-state index in [9.17, 15) is 9.90 Å². The van der Waals surface area contributed by atoms with Crippen molar-refractivity contribution in [3.63, 3.8) is 0 Å². The van der Waals surface area contributed by atoms with Crippen LogP contribution in [-0.4, -0.2) is 28.6 Å². The van der Waals surface area contributed by atoms with Gasteiger partial charge in [0.1, 0.15) is 5.75 Å². The van der Waals surface area contributed by atoms with Crippen LogP contribution in [0.5, 0.6) is 5.75 Å². The first-order chi connectivity index (χ1) is 8.56. The summed E-state index contributed by atoms with van der Waals surface area (Å²) in [6.45, 7) is 2.52. The first-order valence-electron chi connectivity index (χ1n) is 6.19. The molecule has 1 saturated carbocycles. The van der Waals surface area contributed by atoms with Gasteiger partial charge in [0.25, 0.3) is 5.91 Å². The number of nitrogens with one attached hydrogen (secondary N) is 1. The quantitative estimate of drug-likeness (QED) is 0.880. The number of phenolic OH excluding ortho intramolecular Hbond substituents is 1. The SMILES string of the molecule is CSC1(CNC(=O)c2ccc(C)c(O)c2)CCC1. The highest BCUT2D eigenvalue weighted by molar-refractivity contribution is 8.00. The van der Waals surface area contributed by atoms with Crippen molar-refractivity contribution in [2.75, 3.05) is 12.8 Å². The number of rotatable bonds is 4. The van der Waals surface area contributed by atoms with Crippen molar-refractivity contribution in [1.82, 2.24) is 5.32 Å². The van der Waals surface area contributed by atoms with Crippen LogP contribution in [0.4, 0.5) is 0 Å². The summed E-state index contributed by atoms with van der Waals surface area (Å²) in [5.41, 5.74) is 1.31. The maximum Gasteiger partial charge on any atom is 0.251 e. The third-order valence-corrected chi connectivity index (χ3v) is 5.16. The van der Waals surface area contributed by atoms with E-state index in [1.165, 1.54) is 25.3 Å². The summed E-state index contributed by atoms with van der Waals surface area (Å²) in [6.07, 6.45) is 5.70. The number of aromatic hydroxyl groups is 1. The van der Waals surface area contributed by atoms with Crippen molar-refractivity contribution in [2.24, 2.45) is 0 Å². The standard InChI is InChI=1S/C14H19NO2S/c1-10-4-5-11(8-12(10)16)13(17)15-9-14(18-2)6-3-7-14/h4-5,8,16H,3,6-7,9H2,1-2H3,(H,15,17). The fraction of sp³-hybridized carbons (Fsp3) is 0.500. The minimum atomic E-state index is -0.106. The molecular weight excluding hydrogens is 246 g/mol. The van der Waals surface area contributed by atoms with Gasteiger partial charge in [0.2, 0.25) is 0 Å². The Bertz CT molecular complexity index is 450. The largest absolute Gasteiger partial charge is 0.508 e. The second-order valence-electron chi connectivity index (χ2n) is 4.92. The van der Waals surface area contributed by atoms with Crippen molar-refractivity contribution < 1.29 is 9.90 Å². The smallest absolute Gasteiger partial charge is 0.251 e. The lowest BCUT2D eigenvalue weighted by Crippen LogP contribution is -2.45. The lowest BCUT2D eigenvalue weighted by Gasteiger charge is -2.40. The first kappa shape index (κ1) is 13.3. The van der Waals surface area contributed by atoms with Crippen molar-refractivity contribution in [2.45, 2.75) is 30.9 Å². The van der Waals surface area contributed by atoms with E-state index in [2.05, 4.69) is 11.6 Å². The maximum absolute atomic E-state index is 12.0. The number of phenols is 1. The molecule has 0 atom stereocenters. The van der Waals surface area contributed by atoms with Crippen LogP contribution in [0.3, 0.4) is 0 Å². The molecule has 1 aliphatic rings. The zero-order chi connectivity index (χ0) is 13.2. The molecule has 98 valence electrons. The number of carbonyl (C=O) groups excluding carboxylic acids is 1. The van der Waals surface area contributed by atoms with Gasteiger partial charge in [-0.25, -0.2) is 0 Å². The highest BCUT2D eigenvalue weighted by atomic mass is 32.2. The van der Waals surface area contributed by atoms with Crippen molar-refractivity contribution in [3.8, 4) is 5.75 Å². The maximum atomic E-state index is 12.0. The average molecular weight is 265 g/mol. The van der Waals surface area contributed by atoms with Gasteiger partial charge in [-0.2, -0.15) is 11.8 Å². The number of carbonyl (C=O) groups is 1. The number of hydrogen-bond donors (Lipinski definition) is 2. The van der Waals surface area contributed by atoms with E-state index in [4.69, 9.17) is 0 Å². The monoisotopic (exact) mass is 265 g/mol. The number of benzene rings is 1. The van der Waals surface area contributed by atoms with E-state index in [1.54, 1.807) is 12.1 Å². The molecule has 0 spiro atoms. The number of aryl methyl sites for hydroxylation is 1. The Hall–Kier alpha value is -1.16. The van der Waals surface area contributed by atoms with Crippen molar-refractivity contribution >= 4 is 17.7 Å². The Balaban J connectivity index is 1.97. The van der Waals surface area contributed by atoms with Gasteiger partial charge in [0.15, 0.2) is 0 Å². The molecule has 1 aromatic carbocycles. The fourth-order valence-corrected chi connectivity index (χ4v) is 3.03. The molecule has 0 radical (unpaired) electrons. The lowest BCUT2D eigenvalue weighted by atomic mass is 9.84. The Morgan fingerprint density at radius 2 is 2.22 bits per heavy atom. The van der Waals surface area contributed by atoms with Crippen LogP contribution >= 0.6 is 11.8 Å². The molecule has 4 heteroatoms. The molecule has 2 N–H and O–H groups in total. The summed E-state index contributed by atoms with van der Waals surface area (Å²) in [7, 11) is 0. The van der Waals surface area contributed by atoms with Gasteiger partial charge in [-0.15, -0.1) is 0 Å². The second-order valence-corrected chi connectivity index (χ2v) is 6.20. The second kappa shape index (κ2) is 5.22. The van der Waals surface area contributed by atoms with E-state index in [0.717, 1.165) is 5.56 Å². The van der Waals surface area contributed by atoms with E-state index < -0.39 is 0 Å². The van der Waals surface area contributed by atoms with Crippen molar-refractivity contribution in [1.29, 1.82) is 0 Å². The van der Waals surface area contributed by atoms with Gasteiger partial charge < -0.3 is 10.4 Å². The van der Waals surface area contributed by atoms with Gasteiger partial charge >= 0.3 is 0 Å². The number of thioether (sulfide) groups is 1. The Morgan fingerprint density at radius 1 is 1.50 bits per heavy atom. The minimum absolute atomic E-state index is 0.106. The normalized spacial score (nSPS) is 17.0. The third-order valence-electron chi connectivity index (χ3n) is 3.74. The van der Waals surface area contributed by atoms with E-state index >= 15 is 0 Å². The van der Waals surface area contributed by atoms with Gasteiger partial charge in [-0.1, -0.05) is 12.5 Å². The number of hydrogen-bond acceptors (Lipinski definition) is 3. The number of amides is 1. The fourth-order valence-electron chi connectivity index (χ4n) is 2.12. The summed E-state index contributed by atoms with van der Waals surface area (Å²) in [5, 5.41) is 12.6. The molecule has 0 heterocycles. The molecule has 1 amide bonds. The van der Waals surface area contributed by atoms with E-state index in [0.29, 0.717) is 12.1 Å². The molecule has 0 aliphatic heterocycles. The molecule has 2 rings (SSSR count). The van der Waals surface area contributed by atoms with Gasteiger partial charge in [-0.3, -0.25) is 4.79 Å². The summed E-state index contributed by atoms with van der Waals surface area (Å²) in [4.78, 5) is 12.0. The van der Waals surface area contributed by atoms with Crippen molar-refractivity contribution in [3.05, 3.63) is 29.3 Å². The van der Waals surface area contributed by atoms with Crippen LogP contribution < -0.4 is 5.32 Å². The molecule has 3 nitrogen and oxygen atoms in total. The van der Waals surface area contributed by atoms with Gasteiger partial charge in [-0.05, 0) is 43.7 Å².